The first-order valence-corrected chi connectivity index (χ1v) is 8.19. The Bertz CT molecular complexity index is 581. The highest BCUT2D eigenvalue weighted by atomic mass is 19.4. The molecule has 1 aromatic rings. The molecule has 0 fully saturated rings. The number of carboxylic acids is 1. The Hall–Kier alpha value is -2.29. The molecule has 6 nitrogen and oxygen atoms in total. The first-order chi connectivity index (χ1) is 12.1. The van der Waals surface area contributed by atoms with Crippen LogP contribution in [0.5, 0.6) is 0 Å². The number of urea groups is 1. The second kappa shape index (κ2) is 10.0. The lowest BCUT2D eigenvalue weighted by Gasteiger charge is -2.28. The van der Waals surface area contributed by atoms with Crippen LogP contribution in [0.2, 0.25) is 0 Å². The monoisotopic (exact) mass is 376 g/mol. The second-order valence-electron chi connectivity index (χ2n) is 5.86. The van der Waals surface area contributed by atoms with E-state index in [-0.39, 0.29) is 19.4 Å². The van der Waals surface area contributed by atoms with E-state index < -0.39 is 36.9 Å². The number of nitrogens with zero attached hydrogens (tertiary/aromatic N) is 1. The fourth-order valence-corrected chi connectivity index (χ4v) is 2.36. The summed E-state index contributed by atoms with van der Waals surface area (Å²) in [5, 5.41) is 20.6. The van der Waals surface area contributed by atoms with Gasteiger partial charge in [-0.1, -0.05) is 30.3 Å². The van der Waals surface area contributed by atoms with Crippen molar-refractivity contribution >= 4 is 12.0 Å². The molecule has 1 rings (SSSR count). The van der Waals surface area contributed by atoms with Crippen molar-refractivity contribution in [3.63, 3.8) is 0 Å². The highest BCUT2D eigenvalue weighted by Crippen LogP contribution is 2.20. The van der Waals surface area contributed by atoms with Crippen LogP contribution in [0.4, 0.5) is 18.0 Å². The van der Waals surface area contributed by atoms with E-state index >= 15 is 0 Å². The Morgan fingerprint density at radius 1 is 1.23 bits per heavy atom. The number of hydrogen-bond donors (Lipinski definition) is 3. The van der Waals surface area contributed by atoms with Gasteiger partial charge in [0.1, 0.15) is 0 Å². The van der Waals surface area contributed by atoms with Crippen molar-refractivity contribution in [1.82, 2.24) is 10.2 Å². The zero-order valence-corrected chi connectivity index (χ0v) is 14.4. The average molecular weight is 376 g/mol. The van der Waals surface area contributed by atoms with E-state index in [0.29, 0.717) is 6.42 Å². The molecule has 0 aromatic heterocycles. The average Bonchev–Trinajstić information content (AvgIpc) is 2.57. The molecule has 0 radical (unpaired) electrons. The number of carboxylic acid groups (broad SMARTS) is 1. The van der Waals surface area contributed by atoms with Gasteiger partial charge in [0.15, 0.2) is 6.10 Å². The molecule has 2 amide bonds. The number of likely N-dealkylation sites (N-methyl/N-ethyl adjacent to an activating group) is 1. The number of alkyl halides is 3. The van der Waals surface area contributed by atoms with Crippen LogP contribution in [0.3, 0.4) is 0 Å². The van der Waals surface area contributed by atoms with Gasteiger partial charge in [-0.05, 0) is 25.3 Å². The predicted octanol–water partition coefficient (Wildman–Crippen LogP) is 2.42. The molecule has 2 atom stereocenters. The number of carbonyl (C=O) groups excluding carboxylic acids is 1. The van der Waals surface area contributed by atoms with Gasteiger partial charge in [-0.3, -0.25) is 4.79 Å². The summed E-state index contributed by atoms with van der Waals surface area (Å²) < 4.78 is 37.5. The van der Waals surface area contributed by atoms with E-state index in [2.05, 4.69) is 5.32 Å². The SMILES string of the molecule is CCN(CC(O)C(F)(F)F)C(=O)NC(CCC(=O)O)Cc1ccccc1. The molecule has 146 valence electrons. The van der Waals surface area contributed by atoms with E-state index in [4.69, 9.17) is 10.2 Å². The third kappa shape index (κ3) is 7.73. The predicted molar refractivity (Wildman–Crippen MR) is 88.6 cm³/mol. The zero-order chi connectivity index (χ0) is 19.7. The summed E-state index contributed by atoms with van der Waals surface area (Å²) in [7, 11) is 0. The summed E-state index contributed by atoms with van der Waals surface area (Å²) in [6.45, 7) is 0.574. The first-order valence-electron chi connectivity index (χ1n) is 8.19. The lowest BCUT2D eigenvalue weighted by molar-refractivity contribution is -0.206. The normalized spacial score (nSPS) is 13.7. The van der Waals surface area contributed by atoms with Crippen molar-refractivity contribution in [3.05, 3.63) is 35.9 Å². The zero-order valence-electron chi connectivity index (χ0n) is 14.4. The standard InChI is InChI=1S/C17H23F3N2O4/c1-2-22(11-14(23)17(18,19)20)16(26)21-13(8-9-15(24)25)10-12-6-4-3-5-7-12/h3-7,13-14,23H,2,8-11H2,1H3,(H,21,26)(H,24,25). The van der Waals surface area contributed by atoms with Crippen LogP contribution in [-0.4, -0.2) is 58.5 Å². The molecule has 3 N–H and O–H groups in total. The molecular formula is C17H23F3N2O4. The lowest BCUT2D eigenvalue weighted by Crippen LogP contribution is -2.50. The number of rotatable bonds is 9. The third-order valence-electron chi connectivity index (χ3n) is 3.80. The van der Waals surface area contributed by atoms with E-state index in [1.54, 1.807) is 12.1 Å². The molecular weight excluding hydrogens is 353 g/mol. The molecule has 2 unspecified atom stereocenters. The molecule has 0 spiro atoms. The van der Waals surface area contributed by atoms with Gasteiger partial charge in [-0.25, -0.2) is 4.79 Å². The van der Waals surface area contributed by atoms with E-state index in [1.807, 2.05) is 18.2 Å². The number of aliphatic hydroxyl groups is 1. The van der Waals surface area contributed by atoms with E-state index in [0.717, 1.165) is 10.5 Å². The third-order valence-corrected chi connectivity index (χ3v) is 3.80. The molecule has 0 aliphatic rings. The van der Waals surface area contributed by atoms with Crippen LogP contribution in [0, 0.1) is 0 Å². The second-order valence-corrected chi connectivity index (χ2v) is 5.86. The number of benzene rings is 1. The highest BCUT2D eigenvalue weighted by molar-refractivity contribution is 5.74. The number of hydrogen-bond acceptors (Lipinski definition) is 3. The number of aliphatic hydroxyl groups excluding tert-OH is 1. The number of carbonyl (C=O) groups is 2. The van der Waals surface area contributed by atoms with Gasteiger partial charge >= 0.3 is 18.2 Å². The van der Waals surface area contributed by atoms with Crippen molar-refractivity contribution < 1.29 is 33.0 Å². The number of halogens is 3. The Morgan fingerprint density at radius 3 is 2.35 bits per heavy atom. The topological polar surface area (TPSA) is 89.9 Å². The largest absolute Gasteiger partial charge is 0.481 e. The summed E-state index contributed by atoms with van der Waals surface area (Å²) >= 11 is 0. The molecule has 0 saturated carbocycles. The number of aliphatic carboxylic acids is 1. The maximum Gasteiger partial charge on any atom is 0.416 e. The van der Waals surface area contributed by atoms with Crippen LogP contribution in [0.25, 0.3) is 0 Å². The maximum atomic E-state index is 12.5. The molecule has 0 aliphatic carbocycles. The molecule has 0 bridgehead atoms. The van der Waals surface area contributed by atoms with Gasteiger partial charge in [0, 0.05) is 19.0 Å². The van der Waals surface area contributed by atoms with Crippen LogP contribution in [0.15, 0.2) is 30.3 Å². The maximum absolute atomic E-state index is 12.5. The molecule has 0 aliphatic heterocycles. The van der Waals surface area contributed by atoms with E-state index in [9.17, 15) is 22.8 Å². The van der Waals surface area contributed by atoms with E-state index in [1.165, 1.54) is 6.92 Å². The van der Waals surface area contributed by atoms with Crippen LogP contribution >= 0.6 is 0 Å². The molecule has 0 heterocycles. The highest BCUT2D eigenvalue weighted by Gasteiger charge is 2.39. The van der Waals surface area contributed by atoms with Gasteiger partial charge in [0.05, 0.1) is 6.54 Å². The van der Waals surface area contributed by atoms with Crippen LogP contribution < -0.4 is 5.32 Å². The van der Waals surface area contributed by atoms with Crippen LogP contribution in [-0.2, 0) is 11.2 Å². The number of amides is 2. The quantitative estimate of drug-likeness (QED) is 0.617. The van der Waals surface area contributed by atoms with Gasteiger partial charge < -0.3 is 20.4 Å². The fourth-order valence-electron chi connectivity index (χ4n) is 2.36. The Kier molecular flexibility index (Phi) is 8.37. The summed E-state index contributed by atoms with van der Waals surface area (Å²) in [6.07, 6.45) is -7.16. The Balaban J connectivity index is 2.76. The van der Waals surface area contributed by atoms with Gasteiger partial charge in [-0.2, -0.15) is 13.2 Å². The van der Waals surface area contributed by atoms with Gasteiger partial charge in [0.2, 0.25) is 0 Å². The lowest BCUT2D eigenvalue weighted by atomic mass is 10.0. The summed E-state index contributed by atoms with van der Waals surface area (Å²) in [4.78, 5) is 23.9. The number of nitrogens with one attached hydrogen (secondary N) is 1. The minimum Gasteiger partial charge on any atom is -0.481 e. The molecule has 26 heavy (non-hydrogen) atoms. The van der Waals surface area contributed by atoms with Crippen molar-refractivity contribution in [2.45, 2.75) is 44.5 Å². The van der Waals surface area contributed by atoms with Crippen molar-refractivity contribution in [2.75, 3.05) is 13.1 Å². The van der Waals surface area contributed by atoms with Crippen molar-refractivity contribution in [3.8, 4) is 0 Å². The smallest absolute Gasteiger partial charge is 0.416 e. The molecule has 0 saturated heterocycles. The first kappa shape index (κ1) is 21.8. The minimum atomic E-state index is -4.82. The molecule has 1 aromatic carbocycles. The Morgan fingerprint density at radius 2 is 1.85 bits per heavy atom. The van der Waals surface area contributed by atoms with Gasteiger partial charge in [0.25, 0.3) is 0 Å². The summed E-state index contributed by atoms with van der Waals surface area (Å²) in [5.41, 5.74) is 0.863. The van der Waals surface area contributed by atoms with Crippen molar-refractivity contribution in [1.29, 1.82) is 0 Å². The summed E-state index contributed by atoms with van der Waals surface area (Å²) in [5.74, 6) is -1.03. The van der Waals surface area contributed by atoms with Crippen LogP contribution in [0.1, 0.15) is 25.3 Å². The fraction of sp³-hybridized carbons (Fsp3) is 0.529. The molecule has 9 heteroatoms. The van der Waals surface area contributed by atoms with Gasteiger partial charge in [-0.15, -0.1) is 0 Å². The summed E-state index contributed by atoms with van der Waals surface area (Å²) in [6, 6.07) is 7.69. The minimum absolute atomic E-state index is 0.0318. The van der Waals surface area contributed by atoms with Crippen molar-refractivity contribution in [2.24, 2.45) is 0 Å². The Labute approximate surface area is 149 Å².